The van der Waals surface area contributed by atoms with Crippen molar-refractivity contribution in [1.82, 2.24) is 0 Å². The molecule has 0 saturated heterocycles. The second kappa shape index (κ2) is 6.57. The zero-order valence-corrected chi connectivity index (χ0v) is 11.6. The lowest BCUT2D eigenvalue weighted by Gasteiger charge is -2.11. The van der Waals surface area contributed by atoms with Crippen molar-refractivity contribution >= 4 is 11.5 Å². The molecule has 0 radical (unpaired) electrons. The summed E-state index contributed by atoms with van der Waals surface area (Å²) in [5.41, 5.74) is 2.61. The van der Waals surface area contributed by atoms with Gasteiger partial charge < -0.3 is 9.84 Å². The third kappa shape index (κ3) is 3.60. The van der Waals surface area contributed by atoms with E-state index < -0.39 is 5.97 Å². The highest BCUT2D eigenvalue weighted by Crippen LogP contribution is 2.25. The predicted molar refractivity (Wildman–Crippen MR) is 83.4 cm³/mol. The Hall–Kier alpha value is -2.81. The molecule has 0 atom stereocenters. The standard InChI is InChI=1S/C18H16O3/c1-3-13(2)15-9-10-16(18(19)20)17(11-15)21-12-14-7-5-4-6-8-14/h3-11H,1-2,12H2,(H,19,20). The molecule has 0 fully saturated rings. The van der Waals surface area contributed by atoms with Crippen LogP contribution in [-0.2, 0) is 6.61 Å². The molecule has 0 aliphatic carbocycles. The molecule has 0 amide bonds. The van der Waals surface area contributed by atoms with Crippen LogP contribution in [0.2, 0.25) is 0 Å². The number of carboxylic acid groups (broad SMARTS) is 1. The average molecular weight is 280 g/mol. The highest BCUT2D eigenvalue weighted by molar-refractivity contribution is 5.91. The number of rotatable bonds is 6. The van der Waals surface area contributed by atoms with E-state index in [-0.39, 0.29) is 5.56 Å². The van der Waals surface area contributed by atoms with Gasteiger partial charge in [0.1, 0.15) is 17.9 Å². The van der Waals surface area contributed by atoms with Gasteiger partial charge in [-0.3, -0.25) is 0 Å². The first-order chi connectivity index (χ1) is 10.1. The summed E-state index contributed by atoms with van der Waals surface area (Å²) in [6, 6.07) is 14.5. The third-order valence-electron chi connectivity index (χ3n) is 3.07. The van der Waals surface area contributed by atoms with E-state index in [2.05, 4.69) is 13.2 Å². The molecule has 2 aromatic carbocycles. The molecule has 0 spiro atoms. The van der Waals surface area contributed by atoms with Gasteiger partial charge in [0.15, 0.2) is 0 Å². The van der Waals surface area contributed by atoms with Crippen LogP contribution in [0.5, 0.6) is 5.75 Å². The summed E-state index contributed by atoms with van der Waals surface area (Å²) in [4.78, 5) is 11.3. The predicted octanol–water partition coefficient (Wildman–Crippen LogP) is 4.16. The van der Waals surface area contributed by atoms with Crippen LogP contribution in [0.15, 0.2) is 67.8 Å². The Morgan fingerprint density at radius 2 is 1.90 bits per heavy atom. The number of benzene rings is 2. The Balaban J connectivity index is 2.28. The molecule has 0 unspecified atom stereocenters. The van der Waals surface area contributed by atoms with E-state index in [4.69, 9.17) is 4.74 Å². The zero-order chi connectivity index (χ0) is 15.2. The summed E-state index contributed by atoms with van der Waals surface area (Å²) in [5, 5.41) is 9.23. The Morgan fingerprint density at radius 1 is 1.19 bits per heavy atom. The van der Waals surface area contributed by atoms with Crippen molar-refractivity contribution in [2.45, 2.75) is 6.61 Å². The van der Waals surface area contributed by atoms with E-state index in [1.54, 1.807) is 18.2 Å². The summed E-state index contributed by atoms with van der Waals surface area (Å²) in [5.74, 6) is -0.694. The molecule has 0 aromatic heterocycles. The van der Waals surface area contributed by atoms with Crippen LogP contribution in [0.1, 0.15) is 21.5 Å². The van der Waals surface area contributed by atoms with Crippen LogP contribution in [0.25, 0.3) is 5.57 Å². The summed E-state index contributed by atoms with van der Waals surface area (Å²) < 4.78 is 5.66. The van der Waals surface area contributed by atoms with Crippen molar-refractivity contribution in [3.63, 3.8) is 0 Å². The van der Waals surface area contributed by atoms with Crippen molar-refractivity contribution in [2.75, 3.05) is 0 Å². The van der Waals surface area contributed by atoms with Gasteiger partial charge in [-0.2, -0.15) is 0 Å². The highest BCUT2D eigenvalue weighted by Gasteiger charge is 2.12. The number of carbonyl (C=O) groups is 1. The molecular weight excluding hydrogens is 264 g/mol. The van der Waals surface area contributed by atoms with Gasteiger partial charge in [-0.1, -0.05) is 55.6 Å². The van der Waals surface area contributed by atoms with Crippen molar-refractivity contribution in [1.29, 1.82) is 0 Å². The molecule has 2 aromatic rings. The number of carboxylic acids is 1. The van der Waals surface area contributed by atoms with Gasteiger partial charge in [-0.15, -0.1) is 0 Å². The summed E-state index contributed by atoms with van der Waals surface area (Å²) in [7, 11) is 0. The monoisotopic (exact) mass is 280 g/mol. The second-order valence-corrected chi connectivity index (χ2v) is 4.52. The molecule has 3 nitrogen and oxygen atoms in total. The molecule has 0 saturated carbocycles. The van der Waals surface area contributed by atoms with Crippen LogP contribution >= 0.6 is 0 Å². The maximum Gasteiger partial charge on any atom is 0.339 e. The van der Waals surface area contributed by atoms with Crippen molar-refractivity contribution in [3.05, 3.63) is 84.5 Å². The summed E-state index contributed by atoms with van der Waals surface area (Å²) in [6.45, 7) is 7.83. The Kier molecular flexibility index (Phi) is 4.57. The third-order valence-corrected chi connectivity index (χ3v) is 3.07. The lowest BCUT2D eigenvalue weighted by molar-refractivity contribution is 0.0692. The molecule has 0 aliphatic heterocycles. The first kappa shape index (κ1) is 14.6. The molecule has 3 heteroatoms. The van der Waals surface area contributed by atoms with Gasteiger partial charge in [0.05, 0.1) is 0 Å². The largest absolute Gasteiger partial charge is 0.488 e. The van der Waals surface area contributed by atoms with Crippen LogP contribution in [0.4, 0.5) is 0 Å². The number of hydrogen-bond acceptors (Lipinski definition) is 2. The van der Waals surface area contributed by atoms with E-state index in [9.17, 15) is 9.90 Å². The fraction of sp³-hybridized carbons (Fsp3) is 0.0556. The highest BCUT2D eigenvalue weighted by atomic mass is 16.5. The van der Waals surface area contributed by atoms with Gasteiger partial charge in [0, 0.05) is 0 Å². The smallest absolute Gasteiger partial charge is 0.339 e. The number of allylic oxidation sites excluding steroid dienone is 2. The Labute approximate surface area is 123 Å². The molecule has 0 heterocycles. The lowest BCUT2D eigenvalue weighted by atomic mass is 10.0. The van der Waals surface area contributed by atoms with Crippen LogP contribution in [0.3, 0.4) is 0 Å². The first-order valence-electron chi connectivity index (χ1n) is 6.47. The topological polar surface area (TPSA) is 46.5 Å². The van der Waals surface area contributed by atoms with Crippen LogP contribution in [0, 0.1) is 0 Å². The normalized spacial score (nSPS) is 9.90. The number of hydrogen-bond donors (Lipinski definition) is 1. The number of aromatic carboxylic acids is 1. The van der Waals surface area contributed by atoms with Crippen molar-refractivity contribution in [2.24, 2.45) is 0 Å². The van der Waals surface area contributed by atoms with Crippen molar-refractivity contribution < 1.29 is 14.6 Å². The Morgan fingerprint density at radius 3 is 2.52 bits per heavy atom. The average Bonchev–Trinajstić information content (AvgIpc) is 2.52. The zero-order valence-electron chi connectivity index (χ0n) is 11.6. The quantitative estimate of drug-likeness (QED) is 0.808. The lowest BCUT2D eigenvalue weighted by Crippen LogP contribution is -2.04. The van der Waals surface area contributed by atoms with E-state index in [1.165, 1.54) is 6.07 Å². The molecular formula is C18H16O3. The molecule has 21 heavy (non-hydrogen) atoms. The van der Waals surface area contributed by atoms with E-state index in [0.29, 0.717) is 12.4 Å². The van der Waals surface area contributed by atoms with Gasteiger partial charge in [0.2, 0.25) is 0 Å². The van der Waals surface area contributed by atoms with E-state index >= 15 is 0 Å². The fourth-order valence-electron chi connectivity index (χ4n) is 1.87. The minimum Gasteiger partial charge on any atom is -0.488 e. The van der Waals surface area contributed by atoms with E-state index in [1.807, 2.05) is 30.3 Å². The molecule has 106 valence electrons. The SMILES string of the molecule is C=CC(=C)c1ccc(C(=O)O)c(OCc2ccccc2)c1. The van der Waals surface area contributed by atoms with Crippen LogP contribution in [-0.4, -0.2) is 11.1 Å². The van der Waals surface area contributed by atoms with E-state index in [0.717, 1.165) is 16.7 Å². The fourth-order valence-corrected chi connectivity index (χ4v) is 1.87. The molecule has 2 rings (SSSR count). The molecule has 1 N–H and O–H groups in total. The summed E-state index contributed by atoms with van der Waals surface area (Å²) >= 11 is 0. The molecule has 0 bridgehead atoms. The molecule has 0 aliphatic rings. The first-order valence-corrected chi connectivity index (χ1v) is 6.47. The number of ether oxygens (including phenoxy) is 1. The summed E-state index contributed by atoms with van der Waals surface area (Å²) in [6.07, 6.45) is 1.62. The Bertz CT molecular complexity index is 672. The van der Waals surface area contributed by atoms with Gasteiger partial charge in [0.25, 0.3) is 0 Å². The minimum absolute atomic E-state index is 0.131. The maximum atomic E-state index is 11.3. The van der Waals surface area contributed by atoms with Gasteiger partial charge in [-0.05, 0) is 28.8 Å². The van der Waals surface area contributed by atoms with Gasteiger partial charge in [-0.25, -0.2) is 4.79 Å². The van der Waals surface area contributed by atoms with Crippen molar-refractivity contribution in [3.8, 4) is 5.75 Å². The van der Waals surface area contributed by atoms with Gasteiger partial charge >= 0.3 is 5.97 Å². The second-order valence-electron chi connectivity index (χ2n) is 4.52. The van der Waals surface area contributed by atoms with Crippen LogP contribution < -0.4 is 4.74 Å². The minimum atomic E-state index is -1.02. The maximum absolute atomic E-state index is 11.3.